The summed E-state index contributed by atoms with van der Waals surface area (Å²) in [6.45, 7) is 17.8. The predicted octanol–water partition coefficient (Wildman–Crippen LogP) is 4.30. The van der Waals surface area contributed by atoms with E-state index in [4.69, 9.17) is 0 Å². The number of nitrogens with one attached hydrogen (secondary N) is 1. The van der Waals surface area contributed by atoms with Crippen LogP contribution in [0.15, 0.2) is 0 Å². The van der Waals surface area contributed by atoms with Gasteiger partial charge in [-0.05, 0) is 32.1 Å². The maximum atomic E-state index is 3.78. The van der Waals surface area contributed by atoms with Gasteiger partial charge in [-0.1, -0.05) is 53.4 Å². The molecule has 0 aromatic rings. The van der Waals surface area contributed by atoms with Crippen molar-refractivity contribution in [2.75, 3.05) is 19.6 Å². The van der Waals surface area contributed by atoms with Crippen LogP contribution in [-0.4, -0.2) is 36.1 Å². The second-order valence-electron chi connectivity index (χ2n) is 7.51. The van der Waals surface area contributed by atoms with Crippen molar-refractivity contribution < 1.29 is 0 Å². The van der Waals surface area contributed by atoms with Gasteiger partial charge in [0, 0.05) is 31.2 Å². The van der Waals surface area contributed by atoms with E-state index in [1.807, 2.05) is 0 Å². The molecule has 0 radical (unpaired) electrons. The molecule has 120 valence electrons. The van der Waals surface area contributed by atoms with Gasteiger partial charge < -0.3 is 5.32 Å². The third-order valence-corrected chi connectivity index (χ3v) is 5.42. The smallest absolute Gasteiger partial charge is 0.0278 e. The summed E-state index contributed by atoms with van der Waals surface area (Å²) in [5.74, 6) is 1.66. The first-order valence-electron chi connectivity index (χ1n) is 8.93. The van der Waals surface area contributed by atoms with E-state index in [1.54, 1.807) is 0 Å². The number of nitrogens with zero attached hydrogens (tertiary/aromatic N) is 1. The average Bonchev–Trinajstić information content (AvgIpc) is 2.44. The fourth-order valence-electron chi connectivity index (χ4n) is 3.26. The van der Waals surface area contributed by atoms with Crippen LogP contribution in [0.5, 0.6) is 0 Å². The van der Waals surface area contributed by atoms with Gasteiger partial charge in [-0.2, -0.15) is 0 Å². The van der Waals surface area contributed by atoms with Crippen LogP contribution in [0, 0.1) is 11.8 Å². The molecule has 3 atom stereocenters. The molecule has 1 heterocycles. The quantitative estimate of drug-likeness (QED) is 0.714. The van der Waals surface area contributed by atoms with Crippen LogP contribution in [0.3, 0.4) is 0 Å². The lowest BCUT2D eigenvalue weighted by Crippen LogP contribution is -2.64. The summed E-state index contributed by atoms with van der Waals surface area (Å²) in [5, 5.41) is 3.78. The fourth-order valence-corrected chi connectivity index (χ4v) is 3.26. The van der Waals surface area contributed by atoms with Crippen molar-refractivity contribution in [3.05, 3.63) is 0 Å². The molecule has 1 rings (SSSR count). The average molecular weight is 283 g/mol. The van der Waals surface area contributed by atoms with Gasteiger partial charge in [0.05, 0.1) is 0 Å². The molecular weight excluding hydrogens is 244 g/mol. The molecule has 0 aromatic heterocycles. The van der Waals surface area contributed by atoms with Gasteiger partial charge in [-0.3, -0.25) is 4.90 Å². The van der Waals surface area contributed by atoms with Crippen LogP contribution in [0.2, 0.25) is 0 Å². The molecule has 0 saturated carbocycles. The molecule has 0 amide bonds. The summed E-state index contributed by atoms with van der Waals surface area (Å²) >= 11 is 0. The van der Waals surface area contributed by atoms with Crippen molar-refractivity contribution in [2.45, 2.75) is 85.2 Å². The van der Waals surface area contributed by atoms with Crippen LogP contribution >= 0.6 is 0 Å². The number of piperazine rings is 1. The van der Waals surface area contributed by atoms with E-state index in [0.29, 0.717) is 11.6 Å². The van der Waals surface area contributed by atoms with Crippen molar-refractivity contribution in [1.82, 2.24) is 10.2 Å². The highest BCUT2D eigenvalue weighted by molar-refractivity contribution is 4.94. The monoisotopic (exact) mass is 282 g/mol. The lowest BCUT2D eigenvalue weighted by Gasteiger charge is -2.48. The Kier molecular flexibility index (Phi) is 7.53. The Bertz CT molecular complexity index is 262. The molecule has 1 aliphatic rings. The van der Waals surface area contributed by atoms with Gasteiger partial charge in [0.15, 0.2) is 0 Å². The summed E-state index contributed by atoms with van der Waals surface area (Å²) in [5.41, 5.74) is 0.309. The summed E-state index contributed by atoms with van der Waals surface area (Å²) in [4.78, 5) is 2.77. The molecule has 0 aliphatic carbocycles. The zero-order valence-electron chi connectivity index (χ0n) is 14.8. The fraction of sp³-hybridized carbons (Fsp3) is 1.00. The Morgan fingerprint density at radius 2 is 1.90 bits per heavy atom. The largest absolute Gasteiger partial charge is 0.311 e. The van der Waals surface area contributed by atoms with Gasteiger partial charge in [0.1, 0.15) is 0 Å². The zero-order valence-corrected chi connectivity index (χ0v) is 14.8. The van der Waals surface area contributed by atoms with Crippen LogP contribution < -0.4 is 5.32 Å². The summed E-state index contributed by atoms with van der Waals surface area (Å²) in [6.07, 6.45) is 6.73. The molecule has 2 heteroatoms. The highest BCUT2D eigenvalue weighted by Crippen LogP contribution is 2.25. The Hall–Kier alpha value is -0.0800. The van der Waals surface area contributed by atoms with Crippen molar-refractivity contribution in [3.63, 3.8) is 0 Å². The van der Waals surface area contributed by atoms with E-state index < -0.39 is 0 Å². The number of hydrogen-bond donors (Lipinski definition) is 1. The standard InChI is InChI=1S/C18H38N2/c1-7-10-11-16(9-3)12-20-13-17(15(4)8-2)19-14-18(20,5)6/h15-17,19H,7-14H2,1-6H3. The van der Waals surface area contributed by atoms with E-state index in [0.717, 1.165) is 18.4 Å². The van der Waals surface area contributed by atoms with Crippen molar-refractivity contribution in [2.24, 2.45) is 11.8 Å². The molecule has 0 aromatic carbocycles. The minimum Gasteiger partial charge on any atom is -0.311 e. The minimum atomic E-state index is 0.309. The van der Waals surface area contributed by atoms with Gasteiger partial charge in [0.2, 0.25) is 0 Å². The molecule has 3 unspecified atom stereocenters. The lowest BCUT2D eigenvalue weighted by molar-refractivity contribution is 0.0359. The van der Waals surface area contributed by atoms with Crippen molar-refractivity contribution in [1.29, 1.82) is 0 Å². The van der Waals surface area contributed by atoms with Gasteiger partial charge in [-0.25, -0.2) is 0 Å². The molecule has 0 spiro atoms. The molecular formula is C18H38N2. The lowest BCUT2D eigenvalue weighted by atomic mass is 9.88. The first-order valence-corrected chi connectivity index (χ1v) is 8.93. The molecule has 1 saturated heterocycles. The summed E-state index contributed by atoms with van der Waals surface area (Å²) in [6, 6.07) is 0.678. The van der Waals surface area contributed by atoms with E-state index in [2.05, 4.69) is 51.8 Å². The molecule has 2 nitrogen and oxygen atoms in total. The van der Waals surface area contributed by atoms with Gasteiger partial charge in [0.25, 0.3) is 0 Å². The number of unbranched alkanes of at least 4 members (excludes halogenated alkanes) is 1. The number of rotatable bonds is 8. The zero-order chi connectivity index (χ0) is 15.2. The maximum Gasteiger partial charge on any atom is 0.0278 e. The normalized spacial score (nSPS) is 26.4. The summed E-state index contributed by atoms with van der Waals surface area (Å²) in [7, 11) is 0. The molecule has 0 bridgehead atoms. The minimum absolute atomic E-state index is 0.309. The maximum absolute atomic E-state index is 3.78. The van der Waals surface area contributed by atoms with Crippen molar-refractivity contribution >= 4 is 0 Å². The van der Waals surface area contributed by atoms with Gasteiger partial charge in [-0.15, -0.1) is 0 Å². The van der Waals surface area contributed by atoms with E-state index in [-0.39, 0.29) is 0 Å². The van der Waals surface area contributed by atoms with E-state index in [1.165, 1.54) is 45.2 Å². The van der Waals surface area contributed by atoms with Crippen LogP contribution in [0.4, 0.5) is 0 Å². The molecule has 1 fully saturated rings. The predicted molar refractivity (Wildman–Crippen MR) is 90.2 cm³/mol. The molecule has 1 N–H and O–H groups in total. The Morgan fingerprint density at radius 3 is 2.45 bits per heavy atom. The van der Waals surface area contributed by atoms with Crippen LogP contribution in [-0.2, 0) is 0 Å². The third-order valence-electron chi connectivity index (χ3n) is 5.42. The SMILES string of the molecule is CCCCC(CC)CN1CC(C(C)CC)NCC1(C)C. The van der Waals surface area contributed by atoms with E-state index in [9.17, 15) is 0 Å². The van der Waals surface area contributed by atoms with E-state index >= 15 is 0 Å². The number of hydrogen-bond acceptors (Lipinski definition) is 2. The first-order chi connectivity index (χ1) is 9.44. The van der Waals surface area contributed by atoms with Gasteiger partial charge >= 0.3 is 0 Å². The Labute approximate surface area is 127 Å². The molecule has 1 aliphatic heterocycles. The third kappa shape index (κ3) is 5.04. The van der Waals surface area contributed by atoms with Crippen LogP contribution in [0.1, 0.15) is 73.6 Å². The first kappa shape index (κ1) is 18.0. The Balaban J connectivity index is 2.62. The highest BCUT2D eigenvalue weighted by Gasteiger charge is 2.35. The topological polar surface area (TPSA) is 15.3 Å². The van der Waals surface area contributed by atoms with Crippen LogP contribution in [0.25, 0.3) is 0 Å². The Morgan fingerprint density at radius 1 is 1.20 bits per heavy atom. The second kappa shape index (κ2) is 8.38. The second-order valence-corrected chi connectivity index (χ2v) is 7.51. The highest BCUT2D eigenvalue weighted by atomic mass is 15.3. The summed E-state index contributed by atoms with van der Waals surface area (Å²) < 4.78 is 0. The van der Waals surface area contributed by atoms with Crippen molar-refractivity contribution in [3.8, 4) is 0 Å². The molecule has 20 heavy (non-hydrogen) atoms.